The Morgan fingerprint density at radius 2 is 1.83 bits per heavy atom. The molecule has 120 valence electrons. The number of rotatable bonds is 2. The SMILES string of the molecule is O=C(N=NC1=C(O)C2CCCCC2C1=O)Nc1ccccc1O. The van der Waals surface area contributed by atoms with E-state index in [1.165, 1.54) is 12.1 Å². The lowest BCUT2D eigenvalue weighted by Gasteiger charge is -2.23. The van der Waals surface area contributed by atoms with Gasteiger partial charge in [0.2, 0.25) is 0 Å². The van der Waals surface area contributed by atoms with E-state index in [0.717, 1.165) is 25.7 Å². The fourth-order valence-electron chi connectivity index (χ4n) is 3.16. The minimum absolute atomic E-state index is 0.0567. The molecule has 7 heteroatoms. The number of azo groups is 1. The highest BCUT2D eigenvalue weighted by Crippen LogP contribution is 2.42. The van der Waals surface area contributed by atoms with Gasteiger partial charge in [-0.3, -0.25) is 4.79 Å². The van der Waals surface area contributed by atoms with Crippen molar-refractivity contribution in [1.82, 2.24) is 0 Å². The van der Waals surface area contributed by atoms with Crippen LogP contribution in [0.25, 0.3) is 0 Å². The number of urea groups is 1. The molecular weight excluding hydrogens is 298 g/mol. The lowest BCUT2D eigenvalue weighted by molar-refractivity contribution is -0.120. The molecule has 2 aliphatic rings. The molecule has 0 aliphatic heterocycles. The number of aromatic hydroxyl groups is 1. The summed E-state index contributed by atoms with van der Waals surface area (Å²) in [7, 11) is 0. The minimum atomic E-state index is -0.825. The second-order valence-electron chi connectivity index (χ2n) is 5.74. The van der Waals surface area contributed by atoms with Gasteiger partial charge in [0, 0.05) is 11.8 Å². The summed E-state index contributed by atoms with van der Waals surface area (Å²) in [5.74, 6) is -0.823. The van der Waals surface area contributed by atoms with E-state index in [0.29, 0.717) is 0 Å². The number of carbonyl (C=O) groups excluding carboxylic acids is 2. The number of fused-ring (bicyclic) bond motifs is 1. The normalized spacial score (nSPS) is 24.1. The fourth-order valence-corrected chi connectivity index (χ4v) is 3.16. The van der Waals surface area contributed by atoms with E-state index in [1.807, 2.05) is 0 Å². The number of allylic oxidation sites excluding steroid dienone is 2. The zero-order chi connectivity index (χ0) is 16.4. The van der Waals surface area contributed by atoms with Gasteiger partial charge in [0.15, 0.2) is 11.5 Å². The zero-order valence-corrected chi connectivity index (χ0v) is 12.4. The molecule has 0 spiro atoms. The number of phenolic OH excluding ortho intramolecular Hbond substituents is 1. The fraction of sp³-hybridized carbons (Fsp3) is 0.375. The summed E-state index contributed by atoms with van der Waals surface area (Å²) < 4.78 is 0. The maximum atomic E-state index is 12.2. The molecular formula is C16H17N3O4. The van der Waals surface area contributed by atoms with Gasteiger partial charge in [-0.1, -0.05) is 30.1 Å². The summed E-state index contributed by atoms with van der Waals surface area (Å²) in [5.41, 5.74) is 0.0791. The maximum absolute atomic E-state index is 12.2. The van der Waals surface area contributed by atoms with E-state index in [9.17, 15) is 19.8 Å². The van der Waals surface area contributed by atoms with Crippen molar-refractivity contribution >= 4 is 17.5 Å². The average Bonchev–Trinajstić information content (AvgIpc) is 2.80. The molecule has 2 amide bonds. The molecule has 0 radical (unpaired) electrons. The molecule has 1 aromatic rings. The van der Waals surface area contributed by atoms with Gasteiger partial charge in [0.25, 0.3) is 0 Å². The second kappa shape index (κ2) is 6.20. The van der Waals surface area contributed by atoms with Crippen molar-refractivity contribution in [3.8, 4) is 5.75 Å². The number of nitrogens with zero attached hydrogens (tertiary/aromatic N) is 2. The molecule has 0 bridgehead atoms. The largest absolute Gasteiger partial charge is 0.510 e. The Hall–Kier alpha value is -2.70. The smallest absolute Gasteiger partial charge is 0.364 e. The number of nitrogens with one attached hydrogen (secondary N) is 1. The van der Waals surface area contributed by atoms with Crippen molar-refractivity contribution in [3.63, 3.8) is 0 Å². The van der Waals surface area contributed by atoms with E-state index >= 15 is 0 Å². The molecule has 1 aromatic carbocycles. The third kappa shape index (κ3) is 2.94. The number of para-hydroxylation sites is 2. The van der Waals surface area contributed by atoms with Gasteiger partial charge in [-0.2, -0.15) is 0 Å². The van der Waals surface area contributed by atoms with Crippen LogP contribution in [-0.2, 0) is 4.79 Å². The third-order valence-electron chi connectivity index (χ3n) is 4.32. The number of aliphatic hydroxyl groups is 1. The minimum Gasteiger partial charge on any atom is -0.510 e. The summed E-state index contributed by atoms with van der Waals surface area (Å²) >= 11 is 0. The van der Waals surface area contributed by atoms with Gasteiger partial charge in [-0.05, 0) is 25.0 Å². The first-order chi connectivity index (χ1) is 11.1. The standard InChI is InChI=1S/C16H17N3O4/c20-12-8-4-3-7-11(12)17-16(23)19-18-13-14(21)9-5-1-2-6-10(9)15(13)22/h3-4,7-10,20-21H,1-2,5-6H2,(H,17,23). The topological polar surface area (TPSA) is 111 Å². The van der Waals surface area contributed by atoms with E-state index < -0.39 is 6.03 Å². The molecule has 7 nitrogen and oxygen atoms in total. The Morgan fingerprint density at radius 3 is 2.52 bits per heavy atom. The Balaban J connectivity index is 1.72. The number of anilines is 1. The average molecular weight is 315 g/mol. The Kier molecular flexibility index (Phi) is 4.10. The van der Waals surface area contributed by atoms with Crippen molar-refractivity contribution in [2.24, 2.45) is 22.1 Å². The number of hydrogen-bond acceptors (Lipinski definition) is 5. The van der Waals surface area contributed by atoms with Crippen LogP contribution < -0.4 is 5.32 Å². The van der Waals surface area contributed by atoms with Crippen LogP contribution >= 0.6 is 0 Å². The van der Waals surface area contributed by atoms with Crippen molar-refractivity contribution in [3.05, 3.63) is 35.7 Å². The predicted octanol–water partition coefficient (Wildman–Crippen LogP) is 3.54. The van der Waals surface area contributed by atoms with E-state index in [-0.39, 0.29) is 40.5 Å². The first kappa shape index (κ1) is 15.2. The van der Waals surface area contributed by atoms with Crippen LogP contribution in [0.3, 0.4) is 0 Å². The monoisotopic (exact) mass is 315 g/mol. The highest BCUT2D eigenvalue weighted by Gasteiger charge is 2.43. The summed E-state index contributed by atoms with van der Waals surface area (Å²) in [4.78, 5) is 24.0. The second-order valence-corrected chi connectivity index (χ2v) is 5.74. The number of aliphatic hydroxyl groups excluding tert-OH is 1. The molecule has 2 unspecified atom stereocenters. The van der Waals surface area contributed by atoms with Crippen LogP contribution in [0, 0.1) is 11.8 Å². The van der Waals surface area contributed by atoms with Crippen LogP contribution in [-0.4, -0.2) is 22.0 Å². The molecule has 0 saturated heterocycles. The van der Waals surface area contributed by atoms with Crippen molar-refractivity contribution in [1.29, 1.82) is 0 Å². The van der Waals surface area contributed by atoms with Crippen LogP contribution in [0.4, 0.5) is 10.5 Å². The molecule has 0 aromatic heterocycles. The molecule has 3 rings (SSSR count). The highest BCUT2D eigenvalue weighted by atomic mass is 16.3. The Labute approximate surface area is 132 Å². The molecule has 0 heterocycles. The highest BCUT2D eigenvalue weighted by molar-refractivity contribution is 6.00. The first-order valence-corrected chi connectivity index (χ1v) is 7.56. The number of benzene rings is 1. The number of Topliss-reactive ketones (excluding diaryl/α,β-unsaturated/α-hetero) is 1. The summed E-state index contributed by atoms with van der Waals surface area (Å²) in [5, 5.41) is 29.1. The number of hydrogen-bond donors (Lipinski definition) is 3. The Bertz CT molecular complexity index is 711. The van der Waals surface area contributed by atoms with Crippen molar-refractivity contribution in [2.75, 3.05) is 5.32 Å². The van der Waals surface area contributed by atoms with Crippen LogP contribution in [0.5, 0.6) is 5.75 Å². The van der Waals surface area contributed by atoms with Gasteiger partial charge in [-0.15, -0.1) is 5.11 Å². The molecule has 2 aliphatic carbocycles. The quantitative estimate of drug-likeness (QED) is 0.572. The predicted molar refractivity (Wildman–Crippen MR) is 82.1 cm³/mol. The summed E-state index contributed by atoms with van der Waals surface area (Å²) in [6, 6.07) is 5.37. The number of carbonyl (C=O) groups is 2. The van der Waals surface area contributed by atoms with E-state index in [2.05, 4.69) is 15.5 Å². The van der Waals surface area contributed by atoms with E-state index in [4.69, 9.17) is 0 Å². The third-order valence-corrected chi connectivity index (χ3v) is 4.32. The molecule has 2 atom stereocenters. The van der Waals surface area contributed by atoms with Crippen LogP contribution in [0.1, 0.15) is 25.7 Å². The summed E-state index contributed by atoms with van der Waals surface area (Å²) in [6.45, 7) is 0. The maximum Gasteiger partial charge on any atom is 0.364 e. The molecule has 3 N–H and O–H groups in total. The van der Waals surface area contributed by atoms with Gasteiger partial charge in [0.1, 0.15) is 11.5 Å². The zero-order valence-electron chi connectivity index (χ0n) is 12.4. The van der Waals surface area contributed by atoms with Gasteiger partial charge in [-0.25, -0.2) is 4.79 Å². The molecule has 23 heavy (non-hydrogen) atoms. The lowest BCUT2D eigenvalue weighted by Crippen LogP contribution is -2.21. The number of amides is 2. The van der Waals surface area contributed by atoms with Crippen molar-refractivity contribution < 1.29 is 19.8 Å². The van der Waals surface area contributed by atoms with E-state index in [1.54, 1.807) is 12.1 Å². The van der Waals surface area contributed by atoms with Crippen LogP contribution in [0.15, 0.2) is 46.0 Å². The van der Waals surface area contributed by atoms with Crippen LogP contribution in [0.2, 0.25) is 0 Å². The first-order valence-electron chi connectivity index (χ1n) is 7.56. The lowest BCUT2D eigenvalue weighted by atomic mass is 9.80. The molecule has 1 saturated carbocycles. The van der Waals surface area contributed by atoms with Crippen molar-refractivity contribution in [2.45, 2.75) is 25.7 Å². The summed E-state index contributed by atoms with van der Waals surface area (Å²) in [6.07, 6.45) is 3.41. The number of ketones is 1. The molecule has 1 fully saturated rings. The van der Waals surface area contributed by atoms with Gasteiger partial charge in [0.05, 0.1) is 5.69 Å². The van der Waals surface area contributed by atoms with Gasteiger partial charge >= 0.3 is 6.03 Å². The van der Waals surface area contributed by atoms with Gasteiger partial charge < -0.3 is 15.5 Å². The number of phenols is 1. The Morgan fingerprint density at radius 1 is 1.13 bits per heavy atom.